The van der Waals surface area contributed by atoms with Gasteiger partial charge in [-0.2, -0.15) is 0 Å². The largest absolute Gasteiger partial charge is 0.350 e. The number of nitrogens with zero attached hydrogens (tertiary/aromatic N) is 2. The number of hydrogen-bond acceptors (Lipinski definition) is 4. The van der Waals surface area contributed by atoms with Crippen molar-refractivity contribution in [1.29, 1.82) is 0 Å². The lowest BCUT2D eigenvalue weighted by Gasteiger charge is -2.11. The van der Waals surface area contributed by atoms with Crippen LogP contribution in [-0.2, 0) is 0 Å². The van der Waals surface area contributed by atoms with Crippen molar-refractivity contribution in [3.05, 3.63) is 46.2 Å². The minimum atomic E-state index is -0.188. The molecule has 5 nitrogen and oxygen atoms in total. The van der Waals surface area contributed by atoms with Crippen LogP contribution in [0.5, 0.6) is 0 Å². The van der Waals surface area contributed by atoms with E-state index in [0.29, 0.717) is 27.2 Å². The highest BCUT2D eigenvalue weighted by atomic mass is 35.5. The van der Waals surface area contributed by atoms with Crippen molar-refractivity contribution in [3.8, 4) is 0 Å². The minimum Gasteiger partial charge on any atom is -0.350 e. The molecule has 22 heavy (non-hydrogen) atoms. The maximum absolute atomic E-state index is 11.9. The Hall–Kier alpha value is -1.85. The molecule has 0 bridgehead atoms. The van der Waals surface area contributed by atoms with Crippen LogP contribution in [0.1, 0.15) is 30.6 Å². The number of carbonyl (C=O) groups is 1. The van der Waals surface area contributed by atoms with Gasteiger partial charge in [0.25, 0.3) is 5.91 Å². The van der Waals surface area contributed by atoms with Gasteiger partial charge in [0.1, 0.15) is 0 Å². The Morgan fingerprint density at radius 2 is 1.77 bits per heavy atom. The summed E-state index contributed by atoms with van der Waals surface area (Å²) in [7, 11) is 0. The van der Waals surface area contributed by atoms with Crippen LogP contribution in [0.4, 0.5) is 11.6 Å². The van der Waals surface area contributed by atoms with Crippen molar-refractivity contribution in [3.63, 3.8) is 0 Å². The topological polar surface area (TPSA) is 66.9 Å². The van der Waals surface area contributed by atoms with Crippen LogP contribution in [0.2, 0.25) is 10.0 Å². The fourth-order valence-electron chi connectivity index (χ4n) is 1.67. The summed E-state index contributed by atoms with van der Waals surface area (Å²) in [6.45, 7) is 3.95. The molecule has 0 aliphatic heterocycles. The van der Waals surface area contributed by atoms with Crippen LogP contribution in [0, 0.1) is 0 Å². The smallest absolute Gasteiger partial charge is 0.254 e. The molecule has 0 aliphatic carbocycles. The van der Waals surface area contributed by atoms with E-state index in [2.05, 4.69) is 20.6 Å². The fourth-order valence-corrected chi connectivity index (χ4v) is 2.20. The fraction of sp³-hybridized carbons (Fsp3) is 0.267. The molecule has 1 unspecified atom stereocenters. The van der Waals surface area contributed by atoms with Gasteiger partial charge in [0, 0.05) is 34.2 Å². The van der Waals surface area contributed by atoms with Gasteiger partial charge in [-0.25, -0.2) is 9.97 Å². The Bertz CT molecular complexity index is 641. The summed E-state index contributed by atoms with van der Waals surface area (Å²) in [5, 5.41) is 6.86. The van der Waals surface area contributed by atoms with Crippen LogP contribution in [0.25, 0.3) is 0 Å². The first-order chi connectivity index (χ1) is 10.5. The van der Waals surface area contributed by atoms with Gasteiger partial charge >= 0.3 is 0 Å². The SMILES string of the molecule is CCC(C)NC(=O)c1cnc(Nc2cc(Cl)cc(Cl)c2)nc1. The third kappa shape index (κ3) is 4.58. The van der Waals surface area contributed by atoms with E-state index in [-0.39, 0.29) is 11.9 Å². The van der Waals surface area contributed by atoms with Crippen molar-refractivity contribution in [1.82, 2.24) is 15.3 Å². The molecule has 116 valence electrons. The molecule has 0 saturated heterocycles. The Morgan fingerprint density at radius 3 is 2.32 bits per heavy atom. The second-order valence-electron chi connectivity index (χ2n) is 4.86. The van der Waals surface area contributed by atoms with Crippen LogP contribution >= 0.6 is 23.2 Å². The molecule has 0 radical (unpaired) electrons. The van der Waals surface area contributed by atoms with E-state index >= 15 is 0 Å². The molecule has 1 atom stereocenters. The van der Waals surface area contributed by atoms with E-state index in [0.717, 1.165) is 6.42 Å². The number of carbonyl (C=O) groups excluding carboxylic acids is 1. The number of nitrogens with one attached hydrogen (secondary N) is 2. The molecule has 1 heterocycles. The van der Waals surface area contributed by atoms with E-state index in [9.17, 15) is 4.79 Å². The first-order valence-corrected chi connectivity index (χ1v) is 7.59. The van der Waals surface area contributed by atoms with Crippen LogP contribution in [0.3, 0.4) is 0 Å². The summed E-state index contributed by atoms with van der Waals surface area (Å²) in [6, 6.07) is 5.16. The maximum atomic E-state index is 11.9. The predicted octanol–water partition coefficient (Wildman–Crippen LogP) is 4.06. The van der Waals surface area contributed by atoms with E-state index in [1.807, 2.05) is 13.8 Å². The highest BCUT2D eigenvalue weighted by molar-refractivity contribution is 6.35. The van der Waals surface area contributed by atoms with Gasteiger partial charge in [-0.05, 0) is 31.5 Å². The first kappa shape index (κ1) is 16.5. The second kappa shape index (κ2) is 7.42. The summed E-state index contributed by atoms with van der Waals surface area (Å²) in [5.41, 5.74) is 1.09. The van der Waals surface area contributed by atoms with Crippen LogP contribution in [-0.4, -0.2) is 21.9 Å². The Balaban J connectivity index is 2.07. The van der Waals surface area contributed by atoms with E-state index in [1.54, 1.807) is 18.2 Å². The summed E-state index contributed by atoms with van der Waals surface area (Å²) in [4.78, 5) is 20.2. The molecule has 1 amide bonds. The van der Waals surface area contributed by atoms with Crippen molar-refractivity contribution < 1.29 is 4.79 Å². The number of amides is 1. The Labute approximate surface area is 139 Å². The molecular weight excluding hydrogens is 323 g/mol. The summed E-state index contributed by atoms with van der Waals surface area (Å²) < 4.78 is 0. The normalized spacial score (nSPS) is 11.8. The highest BCUT2D eigenvalue weighted by Crippen LogP contribution is 2.24. The van der Waals surface area contributed by atoms with Gasteiger partial charge in [0.2, 0.25) is 5.95 Å². The summed E-state index contributed by atoms with van der Waals surface area (Å²) in [6.07, 6.45) is 3.81. The number of benzene rings is 1. The molecule has 0 saturated carbocycles. The standard InChI is InChI=1S/C15H16Cl2N4O/c1-3-9(2)20-14(22)10-7-18-15(19-8-10)21-13-5-11(16)4-12(17)6-13/h4-9H,3H2,1-2H3,(H,20,22)(H,18,19,21). The molecule has 1 aromatic carbocycles. The molecule has 2 rings (SSSR count). The van der Waals surface area contributed by atoms with Gasteiger partial charge in [-0.15, -0.1) is 0 Å². The number of rotatable bonds is 5. The van der Waals surface area contributed by atoms with Gasteiger partial charge in [0.05, 0.1) is 5.56 Å². The molecule has 2 N–H and O–H groups in total. The summed E-state index contributed by atoms with van der Waals surface area (Å²) >= 11 is 11.9. The molecule has 7 heteroatoms. The van der Waals surface area contributed by atoms with Gasteiger partial charge in [-0.1, -0.05) is 30.1 Å². The zero-order valence-electron chi connectivity index (χ0n) is 12.2. The molecule has 2 aromatic rings. The quantitative estimate of drug-likeness (QED) is 0.862. The number of hydrogen-bond donors (Lipinski definition) is 2. The molecular formula is C15H16Cl2N4O. The van der Waals surface area contributed by atoms with Crippen molar-refractivity contribution in [2.75, 3.05) is 5.32 Å². The number of anilines is 2. The molecule has 1 aromatic heterocycles. The molecule has 0 spiro atoms. The third-order valence-electron chi connectivity index (χ3n) is 3.02. The van der Waals surface area contributed by atoms with E-state index in [4.69, 9.17) is 23.2 Å². The van der Waals surface area contributed by atoms with Crippen molar-refractivity contribution in [2.24, 2.45) is 0 Å². The van der Waals surface area contributed by atoms with Gasteiger partial charge in [0.15, 0.2) is 0 Å². The number of halogens is 2. The number of aromatic nitrogens is 2. The van der Waals surface area contributed by atoms with Gasteiger partial charge < -0.3 is 10.6 Å². The monoisotopic (exact) mass is 338 g/mol. The average molecular weight is 339 g/mol. The zero-order valence-corrected chi connectivity index (χ0v) is 13.7. The first-order valence-electron chi connectivity index (χ1n) is 6.84. The van der Waals surface area contributed by atoms with Crippen molar-refractivity contribution >= 4 is 40.7 Å². The lowest BCUT2D eigenvalue weighted by Crippen LogP contribution is -2.32. The molecule has 0 fully saturated rings. The van der Waals surface area contributed by atoms with Crippen LogP contribution in [0.15, 0.2) is 30.6 Å². The van der Waals surface area contributed by atoms with Crippen molar-refractivity contribution in [2.45, 2.75) is 26.3 Å². The maximum Gasteiger partial charge on any atom is 0.254 e. The van der Waals surface area contributed by atoms with Crippen LogP contribution < -0.4 is 10.6 Å². The Morgan fingerprint density at radius 1 is 1.18 bits per heavy atom. The lowest BCUT2D eigenvalue weighted by atomic mass is 10.2. The molecule has 0 aliphatic rings. The zero-order chi connectivity index (χ0) is 16.1. The predicted molar refractivity (Wildman–Crippen MR) is 89.0 cm³/mol. The Kier molecular flexibility index (Phi) is 5.57. The highest BCUT2D eigenvalue weighted by Gasteiger charge is 2.10. The van der Waals surface area contributed by atoms with E-state index in [1.165, 1.54) is 12.4 Å². The van der Waals surface area contributed by atoms with E-state index < -0.39 is 0 Å². The van der Waals surface area contributed by atoms with Gasteiger partial charge in [-0.3, -0.25) is 4.79 Å². The third-order valence-corrected chi connectivity index (χ3v) is 3.46. The average Bonchev–Trinajstić information content (AvgIpc) is 2.46. The summed E-state index contributed by atoms with van der Waals surface area (Å²) in [5.74, 6) is 0.171. The second-order valence-corrected chi connectivity index (χ2v) is 5.73. The minimum absolute atomic E-state index is 0.110. The lowest BCUT2D eigenvalue weighted by molar-refractivity contribution is 0.0938.